The molecule has 1 fully saturated rings. The van der Waals surface area contributed by atoms with Crippen LogP contribution in [-0.4, -0.2) is 31.3 Å². The molecule has 2 aliphatic carbocycles. The lowest BCUT2D eigenvalue weighted by Gasteiger charge is -2.40. The number of hydrogen-bond donors (Lipinski definition) is 2. The zero-order valence-electron chi connectivity index (χ0n) is 9.79. The molecule has 4 nitrogen and oxygen atoms in total. The third-order valence-electron chi connectivity index (χ3n) is 3.61. The Bertz CT molecular complexity index is 271. The van der Waals surface area contributed by atoms with Crippen LogP contribution in [0.15, 0.2) is 12.2 Å². The first kappa shape index (κ1) is 11.5. The summed E-state index contributed by atoms with van der Waals surface area (Å²) >= 11 is 0. The van der Waals surface area contributed by atoms with E-state index in [1.165, 1.54) is 6.42 Å². The lowest BCUT2D eigenvalue weighted by Crippen LogP contribution is -2.52. The standard InChI is InChI=1S/C12H20N2O2/c1-16-12(7-4-8-12)9-13-11(15)14-10-5-2-3-6-10/h2-3,10H,4-9H2,1H3,(H2,13,14,15). The van der Waals surface area contributed by atoms with Crippen LogP contribution in [0.4, 0.5) is 4.79 Å². The average molecular weight is 224 g/mol. The van der Waals surface area contributed by atoms with Gasteiger partial charge in [0.25, 0.3) is 0 Å². The molecule has 2 aliphatic rings. The average Bonchev–Trinajstić information content (AvgIpc) is 2.69. The maximum absolute atomic E-state index is 11.6. The maximum Gasteiger partial charge on any atom is 0.315 e. The minimum atomic E-state index is -0.0920. The van der Waals surface area contributed by atoms with Crippen LogP contribution >= 0.6 is 0 Å². The van der Waals surface area contributed by atoms with Crippen molar-refractivity contribution in [2.45, 2.75) is 43.7 Å². The second-order valence-electron chi connectivity index (χ2n) is 4.71. The summed E-state index contributed by atoms with van der Waals surface area (Å²) in [5.41, 5.74) is -0.0920. The fourth-order valence-corrected chi connectivity index (χ4v) is 2.24. The van der Waals surface area contributed by atoms with Crippen molar-refractivity contribution in [3.05, 3.63) is 12.2 Å². The Labute approximate surface area is 96.4 Å². The van der Waals surface area contributed by atoms with E-state index in [9.17, 15) is 4.79 Å². The summed E-state index contributed by atoms with van der Waals surface area (Å²) in [6.45, 7) is 0.621. The number of methoxy groups -OCH3 is 1. The Kier molecular flexibility index (Phi) is 3.49. The minimum absolute atomic E-state index is 0.0722. The molecule has 0 heterocycles. The number of amides is 2. The molecule has 0 bridgehead atoms. The topological polar surface area (TPSA) is 50.4 Å². The molecular weight excluding hydrogens is 204 g/mol. The van der Waals surface area contributed by atoms with Gasteiger partial charge in [-0.3, -0.25) is 0 Å². The zero-order valence-corrected chi connectivity index (χ0v) is 9.79. The Balaban J connectivity index is 1.67. The SMILES string of the molecule is COC1(CNC(=O)NC2CC=CC2)CCC1. The van der Waals surface area contributed by atoms with E-state index in [4.69, 9.17) is 4.74 Å². The van der Waals surface area contributed by atoms with Crippen molar-refractivity contribution >= 4 is 6.03 Å². The normalized spacial score (nSPS) is 22.8. The number of urea groups is 1. The zero-order chi connectivity index (χ0) is 11.4. The van der Waals surface area contributed by atoms with Crippen molar-refractivity contribution in [3.63, 3.8) is 0 Å². The van der Waals surface area contributed by atoms with Gasteiger partial charge < -0.3 is 15.4 Å². The fraction of sp³-hybridized carbons (Fsp3) is 0.750. The number of ether oxygens (including phenoxy) is 1. The van der Waals surface area contributed by atoms with Crippen molar-refractivity contribution in [3.8, 4) is 0 Å². The van der Waals surface area contributed by atoms with Gasteiger partial charge in [0, 0.05) is 19.7 Å². The van der Waals surface area contributed by atoms with Gasteiger partial charge in [-0.15, -0.1) is 0 Å². The molecule has 0 radical (unpaired) electrons. The Morgan fingerprint density at radius 2 is 2.12 bits per heavy atom. The van der Waals surface area contributed by atoms with E-state index < -0.39 is 0 Å². The number of rotatable bonds is 4. The first-order chi connectivity index (χ1) is 7.74. The lowest BCUT2D eigenvalue weighted by atomic mass is 9.80. The number of carbonyl (C=O) groups is 1. The summed E-state index contributed by atoms with van der Waals surface area (Å²) in [6, 6.07) is 0.205. The molecule has 0 aromatic heterocycles. The van der Waals surface area contributed by atoms with Gasteiger partial charge in [-0.1, -0.05) is 12.2 Å². The summed E-state index contributed by atoms with van der Waals surface area (Å²) in [4.78, 5) is 11.6. The van der Waals surface area contributed by atoms with Crippen LogP contribution in [0.1, 0.15) is 32.1 Å². The van der Waals surface area contributed by atoms with Gasteiger partial charge in [0.05, 0.1) is 5.60 Å². The van der Waals surface area contributed by atoms with Crippen molar-refractivity contribution in [2.24, 2.45) is 0 Å². The number of hydrogen-bond acceptors (Lipinski definition) is 2. The second-order valence-corrected chi connectivity index (χ2v) is 4.71. The van der Waals surface area contributed by atoms with Crippen LogP contribution in [0.3, 0.4) is 0 Å². The molecule has 0 spiro atoms. The summed E-state index contributed by atoms with van der Waals surface area (Å²) in [5, 5.41) is 5.86. The minimum Gasteiger partial charge on any atom is -0.376 e. The van der Waals surface area contributed by atoms with Crippen LogP contribution in [-0.2, 0) is 4.74 Å². The second kappa shape index (κ2) is 4.87. The van der Waals surface area contributed by atoms with Gasteiger partial charge >= 0.3 is 6.03 Å². The van der Waals surface area contributed by atoms with Crippen LogP contribution in [0.2, 0.25) is 0 Å². The highest BCUT2D eigenvalue weighted by Crippen LogP contribution is 2.34. The smallest absolute Gasteiger partial charge is 0.315 e. The molecular formula is C12H20N2O2. The molecule has 0 atom stereocenters. The van der Waals surface area contributed by atoms with E-state index in [0.29, 0.717) is 6.54 Å². The monoisotopic (exact) mass is 224 g/mol. The Morgan fingerprint density at radius 3 is 2.62 bits per heavy atom. The number of carbonyl (C=O) groups excluding carboxylic acids is 1. The molecule has 4 heteroatoms. The fourth-order valence-electron chi connectivity index (χ4n) is 2.24. The highest BCUT2D eigenvalue weighted by atomic mass is 16.5. The molecule has 90 valence electrons. The van der Waals surface area contributed by atoms with E-state index in [1.807, 2.05) is 0 Å². The first-order valence-corrected chi connectivity index (χ1v) is 5.99. The highest BCUT2D eigenvalue weighted by Gasteiger charge is 2.37. The van der Waals surface area contributed by atoms with Crippen molar-refractivity contribution < 1.29 is 9.53 Å². The number of nitrogens with one attached hydrogen (secondary N) is 2. The molecule has 0 aromatic carbocycles. The molecule has 2 rings (SSSR count). The third kappa shape index (κ3) is 2.55. The van der Waals surface area contributed by atoms with E-state index in [1.54, 1.807) is 7.11 Å². The van der Waals surface area contributed by atoms with Crippen LogP contribution in [0.25, 0.3) is 0 Å². The first-order valence-electron chi connectivity index (χ1n) is 5.99. The highest BCUT2D eigenvalue weighted by molar-refractivity contribution is 5.74. The van der Waals surface area contributed by atoms with Crippen molar-refractivity contribution in [2.75, 3.05) is 13.7 Å². The maximum atomic E-state index is 11.6. The summed E-state index contributed by atoms with van der Waals surface area (Å²) in [5.74, 6) is 0. The van der Waals surface area contributed by atoms with Crippen LogP contribution in [0, 0.1) is 0 Å². The van der Waals surface area contributed by atoms with Gasteiger partial charge in [0.15, 0.2) is 0 Å². The summed E-state index contributed by atoms with van der Waals surface area (Å²) < 4.78 is 5.44. The van der Waals surface area contributed by atoms with E-state index in [0.717, 1.165) is 25.7 Å². The molecule has 0 unspecified atom stereocenters. The molecule has 2 N–H and O–H groups in total. The molecule has 1 saturated carbocycles. The molecule has 0 aliphatic heterocycles. The molecule has 0 aromatic rings. The largest absolute Gasteiger partial charge is 0.376 e. The Morgan fingerprint density at radius 1 is 1.44 bits per heavy atom. The molecule has 0 saturated heterocycles. The van der Waals surface area contributed by atoms with Gasteiger partial charge in [-0.05, 0) is 32.1 Å². The van der Waals surface area contributed by atoms with Gasteiger partial charge in [0.1, 0.15) is 0 Å². The lowest BCUT2D eigenvalue weighted by molar-refractivity contribution is -0.0674. The van der Waals surface area contributed by atoms with Gasteiger partial charge in [-0.2, -0.15) is 0 Å². The Hall–Kier alpha value is -1.03. The van der Waals surface area contributed by atoms with E-state index in [-0.39, 0.29) is 17.7 Å². The predicted molar refractivity (Wildman–Crippen MR) is 62.3 cm³/mol. The quantitative estimate of drug-likeness (QED) is 0.712. The molecule has 16 heavy (non-hydrogen) atoms. The molecule has 2 amide bonds. The summed E-state index contributed by atoms with van der Waals surface area (Å²) in [6.07, 6.45) is 9.40. The predicted octanol–water partition coefficient (Wildman–Crippen LogP) is 1.57. The van der Waals surface area contributed by atoms with E-state index in [2.05, 4.69) is 22.8 Å². The van der Waals surface area contributed by atoms with E-state index >= 15 is 0 Å². The van der Waals surface area contributed by atoms with Crippen molar-refractivity contribution in [1.82, 2.24) is 10.6 Å². The van der Waals surface area contributed by atoms with Crippen LogP contribution in [0.5, 0.6) is 0 Å². The van der Waals surface area contributed by atoms with Crippen LogP contribution < -0.4 is 10.6 Å². The van der Waals surface area contributed by atoms with Gasteiger partial charge in [0.2, 0.25) is 0 Å². The van der Waals surface area contributed by atoms with Gasteiger partial charge in [-0.25, -0.2) is 4.79 Å². The van der Waals surface area contributed by atoms with Crippen molar-refractivity contribution in [1.29, 1.82) is 0 Å². The third-order valence-corrected chi connectivity index (χ3v) is 3.61. The summed E-state index contributed by atoms with van der Waals surface area (Å²) in [7, 11) is 1.72.